The van der Waals surface area contributed by atoms with Gasteiger partial charge in [-0.15, -0.1) is 0 Å². The third-order valence-corrected chi connectivity index (χ3v) is 6.47. The van der Waals surface area contributed by atoms with Crippen LogP contribution in [0.2, 0.25) is 5.02 Å². The predicted molar refractivity (Wildman–Crippen MR) is 108 cm³/mol. The van der Waals surface area contributed by atoms with E-state index in [1.807, 2.05) is 0 Å². The largest absolute Gasteiger partial charge is 0.478 e. The van der Waals surface area contributed by atoms with E-state index in [1.54, 1.807) is 18.2 Å². The summed E-state index contributed by atoms with van der Waals surface area (Å²) in [6.07, 6.45) is 7.31. The van der Waals surface area contributed by atoms with Crippen molar-refractivity contribution in [2.45, 2.75) is 12.8 Å². The number of carbonyl (C=O) groups is 3. The number of carboxylic acid groups (broad SMARTS) is 1. The van der Waals surface area contributed by atoms with Crippen molar-refractivity contribution < 1.29 is 23.9 Å². The minimum Gasteiger partial charge on any atom is -0.478 e. The molecule has 2 heterocycles. The fourth-order valence-electron chi connectivity index (χ4n) is 4.71. The van der Waals surface area contributed by atoms with E-state index in [0.29, 0.717) is 17.1 Å². The number of nitrogens with zero attached hydrogens (tertiary/aromatic N) is 2. The van der Waals surface area contributed by atoms with Gasteiger partial charge in [0.1, 0.15) is 11.5 Å². The topological polar surface area (TPSA) is 100 Å². The Morgan fingerprint density at radius 2 is 1.77 bits per heavy atom. The highest BCUT2D eigenvalue weighted by Gasteiger charge is 2.56. The third-order valence-electron chi connectivity index (χ3n) is 6.14. The average molecular weight is 425 g/mol. The molecule has 1 aromatic heterocycles. The van der Waals surface area contributed by atoms with Crippen molar-refractivity contribution in [3.8, 4) is 11.3 Å². The van der Waals surface area contributed by atoms with Gasteiger partial charge in [-0.3, -0.25) is 9.59 Å². The maximum absolute atomic E-state index is 12.8. The Hall–Kier alpha value is -3.19. The highest BCUT2D eigenvalue weighted by atomic mass is 35.5. The van der Waals surface area contributed by atoms with Gasteiger partial charge in [0.2, 0.25) is 0 Å². The summed E-state index contributed by atoms with van der Waals surface area (Å²) in [7, 11) is 0. The first kappa shape index (κ1) is 18.8. The number of halogens is 1. The number of rotatable bonds is 4. The van der Waals surface area contributed by atoms with Gasteiger partial charge >= 0.3 is 5.97 Å². The number of benzene rings is 1. The lowest BCUT2D eigenvalue weighted by Crippen LogP contribution is -2.38. The SMILES string of the molecule is O=C(O)c1cc(-c2ccc(/C=N\N3C(=O)[C@@H]4[C@@H](C3=O)[C@H]3C=C[C@H]4CC3)o2)ccc1Cl. The molecule has 2 aromatic rings. The van der Waals surface area contributed by atoms with E-state index in [9.17, 15) is 19.5 Å². The van der Waals surface area contributed by atoms with Gasteiger partial charge in [-0.25, -0.2) is 4.79 Å². The lowest BCUT2D eigenvalue weighted by molar-refractivity contribution is -0.140. The lowest BCUT2D eigenvalue weighted by Gasteiger charge is -2.37. The highest BCUT2D eigenvalue weighted by molar-refractivity contribution is 6.33. The Morgan fingerprint density at radius 1 is 1.10 bits per heavy atom. The van der Waals surface area contributed by atoms with Crippen LogP contribution in [0.25, 0.3) is 11.3 Å². The maximum atomic E-state index is 12.8. The minimum atomic E-state index is -1.13. The van der Waals surface area contributed by atoms with E-state index in [-0.39, 0.29) is 46.1 Å². The molecular weight excluding hydrogens is 408 g/mol. The second kappa shape index (κ2) is 6.95. The number of amides is 2. The zero-order valence-corrected chi connectivity index (χ0v) is 16.5. The van der Waals surface area contributed by atoms with Crippen molar-refractivity contribution in [2.75, 3.05) is 0 Å². The first-order valence-electron chi connectivity index (χ1n) is 9.67. The number of aromatic carboxylic acids is 1. The molecule has 1 aliphatic heterocycles. The predicted octanol–water partition coefficient (Wildman–Crippen LogP) is 3.83. The number of imide groups is 1. The number of hydrazone groups is 1. The van der Waals surface area contributed by atoms with Crippen molar-refractivity contribution in [3.63, 3.8) is 0 Å². The number of carbonyl (C=O) groups excluding carboxylic acids is 2. The minimum absolute atomic E-state index is 0.0279. The van der Waals surface area contributed by atoms with Crippen LogP contribution in [0.3, 0.4) is 0 Å². The van der Waals surface area contributed by atoms with Gasteiger partial charge < -0.3 is 9.52 Å². The first-order valence-corrected chi connectivity index (χ1v) is 10.0. The van der Waals surface area contributed by atoms with Gasteiger partial charge in [0.05, 0.1) is 28.6 Å². The highest BCUT2D eigenvalue weighted by Crippen LogP contribution is 2.49. The molecular formula is C22H17ClN2O5. The van der Waals surface area contributed by atoms with Gasteiger partial charge in [0.25, 0.3) is 11.8 Å². The number of carboxylic acids is 1. The van der Waals surface area contributed by atoms with Crippen molar-refractivity contribution in [1.82, 2.24) is 5.01 Å². The fourth-order valence-corrected chi connectivity index (χ4v) is 4.91. The van der Waals surface area contributed by atoms with Crippen LogP contribution in [0.5, 0.6) is 0 Å². The molecule has 0 spiro atoms. The van der Waals surface area contributed by atoms with E-state index in [4.69, 9.17) is 16.0 Å². The Morgan fingerprint density at radius 3 is 2.37 bits per heavy atom. The van der Waals surface area contributed by atoms with Gasteiger partial charge in [0.15, 0.2) is 0 Å². The quantitative estimate of drug-likeness (QED) is 0.456. The van der Waals surface area contributed by atoms with Crippen molar-refractivity contribution in [1.29, 1.82) is 0 Å². The van der Waals surface area contributed by atoms with Crippen LogP contribution < -0.4 is 0 Å². The normalized spacial score (nSPS) is 27.3. The van der Waals surface area contributed by atoms with Gasteiger partial charge in [-0.1, -0.05) is 23.8 Å². The molecule has 2 bridgehead atoms. The molecule has 30 heavy (non-hydrogen) atoms. The van der Waals surface area contributed by atoms with Gasteiger partial charge in [-0.05, 0) is 55.0 Å². The summed E-state index contributed by atoms with van der Waals surface area (Å²) >= 11 is 5.90. The zero-order chi connectivity index (χ0) is 21.0. The lowest BCUT2D eigenvalue weighted by atomic mass is 9.63. The molecule has 0 unspecified atom stereocenters. The van der Waals surface area contributed by atoms with Crippen LogP contribution in [-0.4, -0.2) is 34.1 Å². The van der Waals surface area contributed by atoms with Crippen LogP contribution in [0.15, 0.2) is 52.0 Å². The van der Waals surface area contributed by atoms with Crippen molar-refractivity contribution >= 4 is 35.6 Å². The van der Waals surface area contributed by atoms with Crippen LogP contribution in [0, 0.1) is 23.7 Å². The Labute approximate surface area is 176 Å². The summed E-state index contributed by atoms with van der Waals surface area (Å²) in [5, 5.41) is 14.4. The third kappa shape index (κ3) is 2.89. The summed E-state index contributed by atoms with van der Waals surface area (Å²) in [6, 6.07) is 7.86. The molecule has 152 valence electrons. The first-order chi connectivity index (χ1) is 14.4. The van der Waals surface area contributed by atoms with E-state index in [1.165, 1.54) is 18.3 Å². The molecule has 0 radical (unpaired) electrons. The van der Waals surface area contributed by atoms with Crippen LogP contribution in [-0.2, 0) is 9.59 Å². The second-order valence-corrected chi connectivity index (χ2v) is 8.18. The van der Waals surface area contributed by atoms with E-state index in [0.717, 1.165) is 17.9 Å². The summed E-state index contributed by atoms with van der Waals surface area (Å²) in [4.78, 5) is 36.8. The molecule has 4 aliphatic rings. The zero-order valence-electron chi connectivity index (χ0n) is 15.7. The Bertz CT molecular complexity index is 1100. The molecule has 3 aliphatic carbocycles. The second-order valence-electron chi connectivity index (χ2n) is 7.78. The monoisotopic (exact) mass is 424 g/mol. The van der Waals surface area contributed by atoms with E-state index < -0.39 is 5.97 Å². The fraction of sp³-hybridized carbons (Fsp3) is 0.273. The smallest absolute Gasteiger partial charge is 0.337 e. The average Bonchev–Trinajstić information content (AvgIpc) is 3.32. The Balaban J connectivity index is 1.37. The number of furan rings is 1. The molecule has 2 fully saturated rings. The molecule has 8 heteroatoms. The summed E-state index contributed by atoms with van der Waals surface area (Å²) < 4.78 is 5.70. The molecule has 2 amide bonds. The number of hydrogen-bond acceptors (Lipinski definition) is 5. The summed E-state index contributed by atoms with van der Waals surface area (Å²) in [5.41, 5.74) is 0.512. The molecule has 7 nitrogen and oxygen atoms in total. The van der Waals surface area contributed by atoms with E-state index >= 15 is 0 Å². The van der Waals surface area contributed by atoms with Crippen LogP contribution >= 0.6 is 11.6 Å². The molecule has 4 atom stereocenters. The maximum Gasteiger partial charge on any atom is 0.337 e. The van der Waals surface area contributed by atoms with Crippen LogP contribution in [0.1, 0.15) is 29.0 Å². The standard InChI is InChI=1S/C22H17ClN2O5/c23-16-7-5-13(9-15(16)22(28)29)17-8-6-14(30-17)10-24-25-20(26)18-11-1-2-12(4-3-11)19(18)21(25)27/h1-2,5-12,18-19H,3-4H2,(H,28,29)/b24-10-/t11-,12-,18-,19-/m0/s1. The molecule has 1 saturated carbocycles. The van der Waals surface area contributed by atoms with Gasteiger partial charge in [-0.2, -0.15) is 10.1 Å². The number of allylic oxidation sites excluding steroid dienone is 2. The summed E-state index contributed by atoms with van der Waals surface area (Å²) in [6.45, 7) is 0. The van der Waals surface area contributed by atoms with E-state index in [2.05, 4.69) is 17.3 Å². The molecule has 1 aromatic carbocycles. The van der Waals surface area contributed by atoms with Crippen LogP contribution in [0.4, 0.5) is 0 Å². The molecule has 6 rings (SSSR count). The van der Waals surface area contributed by atoms with Crippen molar-refractivity contribution in [3.05, 3.63) is 58.8 Å². The number of fused-ring (bicyclic) bond motifs is 1. The van der Waals surface area contributed by atoms with Crippen molar-refractivity contribution in [2.24, 2.45) is 28.8 Å². The molecule has 1 N–H and O–H groups in total. The Kier molecular flexibility index (Phi) is 4.36. The molecule has 1 saturated heterocycles. The van der Waals surface area contributed by atoms with Gasteiger partial charge in [0, 0.05) is 5.56 Å². The summed E-state index contributed by atoms with van der Waals surface area (Å²) in [5.74, 6) is -1.28. The number of hydrogen-bond donors (Lipinski definition) is 1.